The molecular weight excluding hydrogens is 374 g/mol. The first kappa shape index (κ1) is 18.0. The zero-order valence-electron chi connectivity index (χ0n) is 17.4. The SMILES string of the molecule is Cn1cc(-c2cc3c(N4CC5CCC(C4)N5[C@H]4C[C@H](CC#N)C4)ccnn3c2)cn1. The summed E-state index contributed by atoms with van der Waals surface area (Å²) in [5.74, 6) is 0.629. The standard InChI is InChI=1S/C23H27N7/c1-27-12-18(11-26-27)17-10-23-22(5-7-25-29(23)13-17)28-14-19-2-3-20(15-28)30(19)21-8-16(9-21)4-6-24/h5,7,10-13,16,19-21H,2-4,8-9,14-15H2,1H3/t16-,19?,20?,21-. The molecule has 3 fully saturated rings. The van der Waals surface area contributed by atoms with Gasteiger partial charge in [0.25, 0.3) is 0 Å². The molecule has 2 unspecified atom stereocenters. The molecule has 154 valence electrons. The first-order valence-corrected chi connectivity index (χ1v) is 11.1. The maximum atomic E-state index is 8.96. The van der Waals surface area contributed by atoms with Crippen LogP contribution in [0.4, 0.5) is 5.69 Å². The molecule has 2 aliphatic heterocycles. The first-order valence-electron chi connectivity index (χ1n) is 11.1. The van der Waals surface area contributed by atoms with E-state index in [4.69, 9.17) is 5.26 Å². The Bertz CT molecular complexity index is 1100. The second kappa shape index (κ2) is 6.85. The molecule has 7 nitrogen and oxygen atoms in total. The normalized spacial score (nSPS) is 28.6. The quantitative estimate of drug-likeness (QED) is 0.672. The highest BCUT2D eigenvalue weighted by Crippen LogP contribution is 2.43. The second-order valence-corrected chi connectivity index (χ2v) is 9.27. The van der Waals surface area contributed by atoms with Crippen LogP contribution in [0.5, 0.6) is 0 Å². The monoisotopic (exact) mass is 401 g/mol. The van der Waals surface area contributed by atoms with Gasteiger partial charge in [0.1, 0.15) is 0 Å². The highest BCUT2D eigenvalue weighted by molar-refractivity contribution is 5.79. The van der Waals surface area contributed by atoms with Gasteiger partial charge in [0.15, 0.2) is 0 Å². The molecule has 0 N–H and O–H groups in total. The van der Waals surface area contributed by atoms with Gasteiger partial charge in [-0.15, -0.1) is 0 Å². The molecule has 1 saturated carbocycles. The number of piperazine rings is 1. The number of fused-ring (bicyclic) bond motifs is 3. The van der Waals surface area contributed by atoms with E-state index in [1.54, 1.807) is 0 Å². The number of anilines is 1. The topological polar surface area (TPSA) is 65.4 Å². The third kappa shape index (κ3) is 2.82. The Labute approximate surface area is 176 Å². The molecule has 2 bridgehead atoms. The summed E-state index contributed by atoms with van der Waals surface area (Å²) < 4.78 is 3.84. The number of nitrogens with zero attached hydrogens (tertiary/aromatic N) is 7. The molecule has 2 saturated heterocycles. The summed E-state index contributed by atoms with van der Waals surface area (Å²) in [6.07, 6.45) is 13.7. The van der Waals surface area contributed by atoms with E-state index in [9.17, 15) is 0 Å². The van der Waals surface area contributed by atoms with Gasteiger partial charge in [0.2, 0.25) is 0 Å². The lowest BCUT2D eigenvalue weighted by molar-refractivity contribution is 0.0298. The second-order valence-electron chi connectivity index (χ2n) is 9.27. The highest BCUT2D eigenvalue weighted by Gasteiger charge is 2.47. The molecule has 5 heterocycles. The van der Waals surface area contributed by atoms with E-state index in [2.05, 4.69) is 44.4 Å². The molecule has 0 radical (unpaired) electrons. The van der Waals surface area contributed by atoms with Crippen molar-refractivity contribution < 1.29 is 0 Å². The summed E-state index contributed by atoms with van der Waals surface area (Å²) in [6.45, 7) is 2.17. The summed E-state index contributed by atoms with van der Waals surface area (Å²) in [7, 11) is 1.95. The van der Waals surface area contributed by atoms with Crippen LogP contribution in [0.3, 0.4) is 0 Å². The van der Waals surface area contributed by atoms with E-state index in [1.807, 2.05) is 34.8 Å². The van der Waals surface area contributed by atoms with E-state index in [1.165, 1.54) is 36.9 Å². The van der Waals surface area contributed by atoms with Crippen LogP contribution in [0, 0.1) is 17.2 Å². The van der Waals surface area contributed by atoms with Crippen molar-refractivity contribution >= 4 is 11.2 Å². The third-order valence-electron chi connectivity index (χ3n) is 7.42. The Kier molecular flexibility index (Phi) is 4.10. The number of hydrogen-bond donors (Lipinski definition) is 0. The van der Waals surface area contributed by atoms with Gasteiger partial charge in [0, 0.05) is 74.4 Å². The predicted molar refractivity (Wildman–Crippen MR) is 115 cm³/mol. The molecular formula is C23H27N7. The van der Waals surface area contributed by atoms with Crippen LogP contribution < -0.4 is 4.90 Å². The van der Waals surface area contributed by atoms with Crippen molar-refractivity contribution in [1.29, 1.82) is 5.26 Å². The summed E-state index contributed by atoms with van der Waals surface area (Å²) in [5.41, 5.74) is 4.73. The van der Waals surface area contributed by atoms with Crippen LogP contribution in [0.15, 0.2) is 36.9 Å². The van der Waals surface area contributed by atoms with E-state index >= 15 is 0 Å². The van der Waals surface area contributed by atoms with E-state index in [-0.39, 0.29) is 0 Å². The van der Waals surface area contributed by atoms with Crippen molar-refractivity contribution in [2.24, 2.45) is 13.0 Å². The van der Waals surface area contributed by atoms with Gasteiger partial charge < -0.3 is 4.90 Å². The summed E-state index contributed by atoms with van der Waals surface area (Å²) in [5, 5.41) is 17.8. The fraction of sp³-hybridized carbons (Fsp3) is 0.522. The molecule has 3 aliphatic rings. The molecule has 30 heavy (non-hydrogen) atoms. The zero-order valence-corrected chi connectivity index (χ0v) is 17.4. The third-order valence-corrected chi connectivity index (χ3v) is 7.42. The maximum Gasteiger partial charge on any atom is 0.0886 e. The minimum absolute atomic E-state index is 0.629. The fourth-order valence-corrected chi connectivity index (χ4v) is 5.96. The van der Waals surface area contributed by atoms with Crippen LogP contribution in [0.1, 0.15) is 32.1 Å². The lowest BCUT2D eigenvalue weighted by Crippen LogP contribution is -2.60. The molecule has 6 rings (SSSR count). The van der Waals surface area contributed by atoms with Crippen molar-refractivity contribution in [3.8, 4) is 17.2 Å². The number of aryl methyl sites for hydroxylation is 1. The van der Waals surface area contributed by atoms with E-state index in [0.717, 1.165) is 30.6 Å². The van der Waals surface area contributed by atoms with Gasteiger partial charge in [-0.2, -0.15) is 15.5 Å². The Hall–Kier alpha value is -2.85. The minimum atomic E-state index is 0.629. The number of nitriles is 1. The minimum Gasteiger partial charge on any atom is -0.367 e. The summed E-state index contributed by atoms with van der Waals surface area (Å²) in [4.78, 5) is 5.39. The molecule has 0 aromatic carbocycles. The van der Waals surface area contributed by atoms with Crippen molar-refractivity contribution in [1.82, 2.24) is 24.3 Å². The molecule has 0 spiro atoms. The number of aromatic nitrogens is 4. The van der Waals surface area contributed by atoms with Gasteiger partial charge in [-0.3, -0.25) is 9.58 Å². The Balaban J connectivity index is 1.25. The Morgan fingerprint density at radius 2 is 1.87 bits per heavy atom. The van der Waals surface area contributed by atoms with Crippen molar-refractivity contribution in [2.45, 2.75) is 50.2 Å². The molecule has 3 aromatic heterocycles. The largest absolute Gasteiger partial charge is 0.367 e. The van der Waals surface area contributed by atoms with Crippen molar-refractivity contribution in [3.63, 3.8) is 0 Å². The highest BCUT2D eigenvalue weighted by atomic mass is 15.4. The van der Waals surface area contributed by atoms with Gasteiger partial charge >= 0.3 is 0 Å². The van der Waals surface area contributed by atoms with Crippen LogP contribution in [-0.2, 0) is 7.05 Å². The van der Waals surface area contributed by atoms with E-state index in [0.29, 0.717) is 24.0 Å². The molecule has 1 aliphatic carbocycles. The molecule has 2 atom stereocenters. The predicted octanol–water partition coefficient (Wildman–Crippen LogP) is 3.08. The summed E-state index contributed by atoms with van der Waals surface area (Å²) in [6, 6.07) is 8.74. The smallest absolute Gasteiger partial charge is 0.0886 e. The van der Waals surface area contributed by atoms with Crippen LogP contribution in [-0.4, -0.2) is 55.5 Å². The lowest BCUT2D eigenvalue weighted by atomic mass is 9.77. The molecule has 7 heteroatoms. The average molecular weight is 402 g/mol. The van der Waals surface area contributed by atoms with Crippen molar-refractivity contribution in [2.75, 3.05) is 18.0 Å². The first-order chi connectivity index (χ1) is 14.7. The van der Waals surface area contributed by atoms with Crippen LogP contribution >= 0.6 is 0 Å². The maximum absolute atomic E-state index is 8.96. The number of hydrogen-bond acceptors (Lipinski definition) is 5. The van der Waals surface area contributed by atoms with Crippen LogP contribution in [0.25, 0.3) is 16.6 Å². The molecule has 3 aromatic rings. The number of rotatable bonds is 4. The Morgan fingerprint density at radius 1 is 1.07 bits per heavy atom. The zero-order chi connectivity index (χ0) is 20.2. The Morgan fingerprint density at radius 3 is 2.57 bits per heavy atom. The molecule has 0 amide bonds. The fourth-order valence-electron chi connectivity index (χ4n) is 5.96. The summed E-state index contributed by atoms with van der Waals surface area (Å²) >= 11 is 0. The van der Waals surface area contributed by atoms with Crippen molar-refractivity contribution in [3.05, 3.63) is 36.9 Å². The van der Waals surface area contributed by atoms with Gasteiger partial charge in [-0.1, -0.05) is 0 Å². The lowest BCUT2D eigenvalue weighted by Gasteiger charge is -2.50. The average Bonchev–Trinajstić information content (AvgIpc) is 3.39. The van der Waals surface area contributed by atoms with Gasteiger partial charge in [-0.05, 0) is 43.7 Å². The van der Waals surface area contributed by atoms with Crippen LogP contribution in [0.2, 0.25) is 0 Å². The van der Waals surface area contributed by atoms with Gasteiger partial charge in [-0.25, -0.2) is 4.52 Å². The van der Waals surface area contributed by atoms with E-state index < -0.39 is 0 Å². The van der Waals surface area contributed by atoms with Gasteiger partial charge in [0.05, 0.1) is 23.5 Å².